The molecule has 100 valence electrons. The molecule has 0 aliphatic rings. The van der Waals surface area contributed by atoms with Crippen LogP contribution in [0.1, 0.15) is 13.3 Å². The highest BCUT2D eigenvalue weighted by atomic mass is 35.5. The third-order valence-corrected chi connectivity index (χ3v) is 3.04. The van der Waals surface area contributed by atoms with E-state index in [1.54, 1.807) is 30.6 Å². The molecule has 4 nitrogen and oxygen atoms in total. The van der Waals surface area contributed by atoms with Crippen LogP contribution in [0, 0.1) is 0 Å². The lowest BCUT2D eigenvalue weighted by molar-refractivity contribution is 0.965. The van der Waals surface area contributed by atoms with Gasteiger partial charge in [-0.2, -0.15) is 0 Å². The molecule has 2 N–H and O–H groups in total. The predicted octanol–water partition coefficient (Wildman–Crippen LogP) is 4.35. The smallest absolute Gasteiger partial charge is 0.151 e. The van der Waals surface area contributed by atoms with Crippen LogP contribution in [-0.4, -0.2) is 16.5 Å². The van der Waals surface area contributed by atoms with Crippen molar-refractivity contribution in [3.8, 4) is 0 Å². The molecule has 0 aliphatic carbocycles. The van der Waals surface area contributed by atoms with E-state index in [1.165, 1.54) is 0 Å². The Morgan fingerprint density at radius 1 is 1.11 bits per heavy atom. The van der Waals surface area contributed by atoms with E-state index < -0.39 is 0 Å². The first-order chi connectivity index (χ1) is 9.20. The predicted molar refractivity (Wildman–Crippen MR) is 80.6 cm³/mol. The largest absolute Gasteiger partial charge is 0.369 e. The van der Waals surface area contributed by atoms with Crippen molar-refractivity contribution in [3.05, 3.63) is 40.6 Å². The van der Waals surface area contributed by atoms with Crippen LogP contribution in [0.15, 0.2) is 30.6 Å². The van der Waals surface area contributed by atoms with E-state index in [4.69, 9.17) is 23.2 Å². The molecule has 0 saturated heterocycles. The molecule has 2 aromatic rings. The molecule has 6 heteroatoms. The van der Waals surface area contributed by atoms with Gasteiger partial charge < -0.3 is 10.6 Å². The fourth-order valence-electron chi connectivity index (χ4n) is 1.51. The molecule has 1 aromatic carbocycles. The fourth-order valence-corrected chi connectivity index (χ4v) is 2.00. The molecule has 0 atom stereocenters. The van der Waals surface area contributed by atoms with E-state index in [0.29, 0.717) is 21.6 Å². The number of halogens is 2. The van der Waals surface area contributed by atoms with E-state index in [9.17, 15) is 0 Å². The Morgan fingerprint density at radius 2 is 1.79 bits per heavy atom. The maximum Gasteiger partial charge on any atom is 0.151 e. The van der Waals surface area contributed by atoms with E-state index >= 15 is 0 Å². The summed E-state index contributed by atoms with van der Waals surface area (Å²) in [6.07, 6.45) is 4.32. The first kappa shape index (κ1) is 13.9. The van der Waals surface area contributed by atoms with Gasteiger partial charge >= 0.3 is 0 Å². The molecule has 1 aromatic heterocycles. The Hall–Kier alpha value is -1.52. The van der Waals surface area contributed by atoms with Crippen molar-refractivity contribution in [2.75, 3.05) is 17.2 Å². The van der Waals surface area contributed by atoms with Crippen LogP contribution in [0.5, 0.6) is 0 Å². The zero-order chi connectivity index (χ0) is 13.7. The summed E-state index contributed by atoms with van der Waals surface area (Å²) >= 11 is 12.2. The second-order valence-electron chi connectivity index (χ2n) is 3.94. The van der Waals surface area contributed by atoms with Crippen LogP contribution in [0.3, 0.4) is 0 Å². The molecule has 0 unspecified atom stereocenters. The minimum atomic E-state index is 0.543. The second-order valence-corrected chi connectivity index (χ2v) is 4.75. The number of aromatic nitrogens is 2. The minimum absolute atomic E-state index is 0.543. The number of para-hydroxylation sites is 1. The lowest BCUT2D eigenvalue weighted by atomic mass is 10.3. The van der Waals surface area contributed by atoms with Crippen molar-refractivity contribution in [1.29, 1.82) is 0 Å². The number of rotatable bonds is 5. The molecule has 1 heterocycles. The van der Waals surface area contributed by atoms with Crippen LogP contribution in [0.4, 0.5) is 17.3 Å². The van der Waals surface area contributed by atoms with Gasteiger partial charge in [-0.1, -0.05) is 36.2 Å². The number of hydrogen-bond acceptors (Lipinski definition) is 4. The highest BCUT2D eigenvalue weighted by molar-refractivity contribution is 6.39. The van der Waals surface area contributed by atoms with Crippen LogP contribution in [0.2, 0.25) is 10.0 Å². The molecule has 0 saturated carbocycles. The molecule has 2 rings (SSSR count). The number of hydrogen-bond donors (Lipinski definition) is 2. The van der Waals surface area contributed by atoms with Crippen molar-refractivity contribution < 1.29 is 0 Å². The van der Waals surface area contributed by atoms with Crippen molar-refractivity contribution >= 4 is 40.5 Å². The number of anilines is 3. The molecule has 0 fully saturated rings. The molecular formula is C13H14Cl2N4. The Balaban J connectivity index is 2.19. The lowest BCUT2D eigenvalue weighted by Gasteiger charge is -2.10. The fraction of sp³-hybridized carbons (Fsp3) is 0.231. The molecule has 0 bridgehead atoms. The Labute approximate surface area is 122 Å². The number of nitrogens with one attached hydrogen (secondary N) is 2. The first-order valence-corrected chi connectivity index (χ1v) is 6.73. The highest BCUT2D eigenvalue weighted by Gasteiger charge is 2.06. The van der Waals surface area contributed by atoms with Crippen molar-refractivity contribution in [1.82, 2.24) is 9.97 Å². The molecule has 0 aliphatic heterocycles. The Morgan fingerprint density at radius 3 is 2.47 bits per heavy atom. The molecule has 0 spiro atoms. The summed E-state index contributed by atoms with van der Waals surface area (Å²) in [5.74, 6) is 1.31. The van der Waals surface area contributed by atoms with Gasteiger partial charge in [-0.3, -0.25) is 4.98 Å². The van der Waals surface area contributed by atoms with Gasteiger partial charge in [-0.05, 0) is 18.6 Å². The third-order valence-electron chi connectivity index (χ3n) is 2.41. The SMILES string of the molecule is CCCNc1cncc(Nc2c(Cl)cccc2Cl)n1. The van der Waals surface area contributed by atoms with Gasteiger partial charge in [-0.15, -0.1) is 0 Å². The van der Waals surface area contributed by atoms with E-state index in [2.05, 4.69) is 27.5 Å². The van der Waals surface area contributed by atoms with E-state index in [1.807, 2.05) is 0 Å². The van der Waals surface area contributed by atoms with E-state index in [-0.39, 0.29) is 0 Å². The van der Waals surface area contributed by atoms with Crippen LogP contribution in [-0.2, 0) is 0 Å². The Kier molecular flexibility index (Phi) is 4.82. The monoisotopic (exact) mass is 296 g/mol. The van der Waals surface area contributed by atoms with Crippen molar-refractivity contribution in [3.63, 3.8) is 0 Å². The zero-order valence-electron chi connectivity index (χ0n) is 10.5. The molecule has 0 radical (unpaired) electrons. The van der Waals surface area contributed by atoms with Crippen LogP contribution < -0.4 is 10.6 Å². The summed E-state index contributed by atoms with van der Waals surface area (Å²) in [6, 6.07) is 5.32. The summed E-state index contributed by atoms with van der Waals surface area (Å²) in [5.41, 5.74) is 0.632. The number of nitrogens with zero attached hydrogens (tertiary/aromatic N) is 2. The van der Waals surface area contributed by atoms with Gasteiger partial charge in [0.25, 0.3) is 0 Å². The second kappa shape index (κ2) is 6.59. The van der Waals surface area contributed by atoms with Gasteiger partial charge in [0.05, 0.1) is 28.1 Å². The normalized spacial score (nSPS) is 10.3. The highest BCUT2D eigenvalue weighted by Crippen LogP contribution is 2.31. The van der Waals surface area contributed by atoms with Gasteiger partial charge in [0.1, 0.15) is 5.82 Å². The van der Waals surface area contributed by atoms with Gasteiger partial charge in [0, 0.05) is 6.54 Å². The quantitative estimate of drug-likeness (QED) is 0.861. The summed E-state index contributed by atoms with van der Waals surface area (Å²) in [4.78, 5) is 8.51. The maximum atomic E-state index is 6.09. The number of benzene rings is 1. The van der Waals surface area contributed by atoms with Gasteiger partial charge in [0.2, 0.25) is 0 Å². The van der Waals surface area contributed by atoms with Crippen LogP contribution >= 0.6 is 23.2 Å². The maximum absolute atomic E-state index is 6.09. The third kappa shape index (κ3) is 3.72. The average molecular weight is 297 g/mol. The molecule has 19 heavy (non-hydrogen) atoms. The summed E-state index contributed by atoms with van der Waals surface area (Å²) in [7, 11) is 0. The van der Waals surface area contributed by atoms with Gasteiger partial charge in [-0.25, -0.2) is 4.98 Å². The Bertz CT molecular complexity index is 540. The first-order valence-electron chi connectivity index (χ1n) is 5.97. The standard InChI is InChI=1S/C13H14Cl2N4/c1-2-6-17-11-7-16-8-12(18-11)19-13-9(14)4-3-5-10(13)15/h3-5,7-8H,2,6H2,1H3,(H2,17,18,19). The summed E-state index contributed by atoms with van der Waals surface area (Å²) in [6.45, 7) is 2.94. The van der Waals surface area contributed by atoms with Gasteiger partial charge in [0.15, 0.2) is 5.82 Å². The summed E-state index contributed by atoms with van der Waals surface area (Å²) in [5, 5.41) is 7.34. The van der Waals surface area contributed by atoms with Crippen LogP contribution in [0.25, 0.3) is 0 Å². The lowest BCUT2D eigenvalue weighted by Crippen LogP contribution is -2.04. The summed E-state index contributed by atoms with van der Waals surface area (Å²) < 4.78 is 0. The van der Waals surface area contributed by atoms with Crippen molar-refractivity contribution in [2.45, 2.75) is 13.3 Å². The topological polar surface area (TPSA) is 49.8 Å². The van der Waals surface area contributed by atoms with E-state index in [0.717, 1.165) is 18.8 Å². The molecular weight excluding hydrogens is 283 g/mol. The average Bonchev–Trinajstić information content (AvgIpc) is 2.41. The zero-order valence-corrected chi connectivity index (χ0v) is 12.0. The minimum Gasteiger partial charge on any atom is -0.369 e. The molecule has 0 amide bonds. The van der Waals surface area contributed by atoms with Crippen molar-refractivity contribution in [2.24, 2.45) is 0 Å².